The van der Waals surface area contributed by atoms with Gasteiger partial charge in [0.2, 0.25) is 28.9 Å². The number of carboxylic acid groups (broad SMARTS) is 2. The lowest BCUT2D eigenvalue weighted by molar-refractivity contribution is -0.192. The molecule has 0 fully saturated rings. The van der Waals surface area contributed by atoms with Gasteiger partial charge in [0, 0.05) is 77.9 Å². The van der Waals surface area contributed by atoms with Crippen LogP contribution >= 0.6 is 11.6 Å². The molecule has 0 unspecified atom stereocenters. The Hall–Kier alpha value is -4.93. The highest BCUT2D eigenvalue weighted by molar-refractivity contribution is 6.63. The average Bonchev–Trinajstić information content (AvgIpc) is 3.33. The van der Waals surface area contributed by atoms with Crippen LogP contribution in [0.3, 0.4) is 0 Å². The van der Waals surface area contributed by atoms with E-state index < -0.39 is 41.5 Å². The molecule has 0 spiro atoms. The minimum atomic E-state index is -5.08. The Balaban J connectivity index is -0.000000215. The zero-order valence-electron chi connectivity index (χ0n) is 50.8. The van der Waals surface area contributed by atoms with Gasteiger partial charge in [-0.3, -0.25) is 28.8 Å². The highest BCUT2D eigenvalue weighted by Crippen LogP contribution is 2.13. The molecular formula is C56H109ClF3N7O13. The topological polar surface area (TPSA) is 311 Å². The Morgan fingerprint density at radius 2 is 0.675 bits per heavy atom. The molecule has 80 heavy (non-hydrogen) atoms. The number of carboxylic acids is 2. The Labute approximate surface area is 483 Å². The monoisotopic (exact) mass is 1180 g/mol. The molecule has 0 radical (unpaired) electrons. The summed E-state index contributed by atoms with van der Waals surface area (Å²) in [6.07, 6.45) is 19.8. The van der Waals surface area contributed by atoms with Gasteiger partial charge in [0.25, 0.3) is 0 Å². The maximum atomic E-state index is 11.5. The predicted molar refractivity (Wildman–Crippen MR) is 310 cm³/mol. The van der Waals surface area contributed by atoms with Gasteiger partial charge >= 0.3 is 30.3 Å². The third kappa shape index (κ3) is 89.6. The van der Waals surface area contributed by atoms with E-state index >= 15 is 0 Å². The molecule has 6 amide bonds. The molecule has 0 aromatic heterocycles. The van der Waals surface area contributed by atoms with Crippen molar-refractivity contribution in [2.45, 2.75) is 260 Å². The molecule has 474 valence electrons. The van der Waals surface area contributed by atoms with E-state index in [1.165, 1.54) is 89.9 Å². The fourth-order valence-corrected chi connectivity index (χ4v) is 5.99. The van der Waals surface area contributed by atoms with Crippen molar-refractivity contribution >= 4 is 64.6 Å². The molecule has 0 aliphatic rings. The molecule has 0 atom stereocenters. The van der Waals surface area contributed by atoms with Crippen molar-refractivity contribution < 1.29 is 76.0 Å². The summed E-state index contributed by atoms with van der Waals surface area (Å²) in [4.78, 5) is 96.2. The first-order valence-corrected chi connectivity index (χ1v) is 29.2. The second-order valence-corrected chi connectivity index (χ2v) is 20.8. The SMILES string of the molecule is CC(C)(C)OC(=O)NCCC(=O)O.CCCC(=O)Cl.CCCCCCCCNC(=O)CCN.CCCCCCCCNC(=O)CCNC(=O)CCC.CCCCCCCCNC(=O)CCNC(=O)OC(C)(C)C.O=C(O)C(F)(F)F. The molecule has 0 heterocycles. The number of aliphatic carboxylic acids is 2. The van der Waals surface area contributed by atoms with Gasteiger partial charge < -0.3 is 57.3 Å². The molecule has 0 saturated heterocycles. The van der Waals surface area contributed by atoms with Crippen LogP contribution in [0.15, 0.2) is 0 Å². The Bertz CT molecular complexity index is 1580. The number of nitrogens with two attached hydrogens (primary N) is 1. The number of hydrogen-bond donors (Lipinski definition) is 9. The van der Waals surface area contributed by atoms with Crippen LogP contribution in [-0.4, -0.2) is 126 Å². The van der Waals surface area contributed by atoms with Crippen molar-refractivity contribution in [3.8, 4) is 0 Å². The molecule has 0 bridgehead atoms. The second-order valence-electron chi connectivity index (χ2n) is 20.4. The number of ether oxygens (including phenoxy) is 2. The summed E-state index contributed by atoms with van der Waals surface area (Å²) in [6, 6.07) is 0. The quantitative estimate of drug-likeness (QED) is 0.0208. The molecule has 20 nitrogen and oxygen atoms in total. The van der Waals surface area contributed by atoms with Gasteiger partial charge in [-0.1, -0.05) is 131 Å². The summed E-state index contributed by atoms with van der Waals surface area (Å²) >= 11 is 4.94. The average molecular weight is 1180 g/mol. The zero-order chi connectivity index (χ0) is 62.7. The number of carbonyl (C=O) groups is 9. The smallest absolute Gasteiger partial charge is 0.481 e. The van der Waals surface area contributed by atoms with Crippen LogP contribution in [0.4, 0.5) is 22.8 Å². The largest absolute Gasteiger partial charge is 0.490 e. The van der Waals surface area contributed by atoms with Gasteiger partial charge in [-0.25, -0.2) is 14.4 Å². The first kappa shape index (κ1) is 86.3. The van der Waals surface area contributed by atoms with Crippen LogP contribution in [0.5, 0.6) is 0 Å². The molecule has 0 rings (SSSR count). The van der Waals surface area contributed by atoms with E-state index in [1.807, 2.05) is 13.8 Å². The van der Waals surface area contributed by atoms with E-state index in [0.717, 1.165) is 58.2 Å². The lowest BCUT2D eigenvalue weighted by Crippen LogP contribution is -2.35. The molecule has 10 N–H and O–H groups in total. The van der Waals surface area contributed by atoms with Crippen LogP contribution in [0, 0.1) is 0 Å². The normalized spacial score (nSPS) is 10.4. The van der Waals surface area contributed by atoms with Crippen molar-refractivity contribution in [1.29, 1.82) is 0 Å². The van der Waals surface area contributed by atoms with E-state index in [-0.39, 0.29) is 48.3 Å². The van der Waals surface area contributed by atoms with Crippen molar-refractivity contribution in [2.75, 3.05) is 45.8 Å². The summed E-state index contributed by atoms with van der Waals surface area (Å²) in [6.45, 7) is 24.7. The molecular weight excluding hydrogens is 1070 g/mol. The number of nitrogens with one attached hydrogen (secondary N) is 6. The minimum absolute atomic E-state index is 0.0281. The standard InChI is InChI=1S/C16H32N2O3.C15H30N2O2.C11H24N2O.C8H15NO4.C4H7ClO.C2HF3O2/c1-5-6-7-8-9-10-12-17-14(19)11-13-18-15(20)21-16(2,3)4;1-3-5-6-7-8-9-12-16-15(19)11-13-17-14(18)10-4-2;1-2-3-4-5-6-7-10-13-11(14)8-9-12;1-8(2,3)13-7(12)9-5-4-6(10)11;1-2-3-4(5)6;3-2(4,5)1(6)7/h5-13H2,1-4H3,(H,17,19)(H,18,20);3-13H2,1-2H3,(H,16,19)(H,17,18);2-10,12H2,1H3,(H,13,14);4-5H2,1-3H3,(H,9,12)(H,10,11);2-3H2,1H3;(H,6,7). The van der Waals surface area contributed by atoms with Crippen LogP contribution in [0.1, 0.15) is 243 Å². The van der Waals surface area contributed by atoms with Crippen molar-refractivity contribution in [3.63, 3.8) is 0 Å². The number of carbonyl (C=O) groups excluding carboxylic acids is 7. The summed E-state index contributed by atoms with van der Waals surface area (Å²) in [5, 5.41) is 31.4. The van der Waals surface area contributed by atoms with Crippen LogP contribution in [0.25, 0.3) is 0 Å². The molecule has 0 saturated carbocycles. The summed E-state index contributed by atoms with van der Waals surface area (Å²) in [7, 11) is 0. The zero-order valence-corrected chi connectivity index (χ0v) is 51.6. The molecule has 24 heteroatoms. The molecule has 0 aliphatic heterocycles. The molecule has 0 aliphatic carbocycles. The first-order valence-electron chi connectivity index (χ1n) is 28.8. The lowest BCUT2D eigenvalue weighted by atomic mass is 10.1. The van der Waals surface area contributed by atoms with E-state index in [2.05, 4.69) is 52.7 Å². The first-order chi connectivity index (χ1) is 37.4. The van der Waals surface area contributed by atoms with Gasteiger partial charge in [-0.15, -0.1) is 0 Å². The van der Waals surface area contributed by atoms with Crippen LogP contribution in [-0.2, 0) is 43.0 Å². The van der Waals surface area contributed by atoms with Gasteiger partial charge in [-0.2, -0.15) is 13.2 Å². The molecule has 0 aromatic carbocycles. The highest BCUT2D eigenvalue weighted by atomic mass is 35.5. The Kier molecular flexibility index (Phi) is 64.9. The van der Waals surface area contributed by atoms with Gasteiger partial charge in [0.1, 0.15) is 11.2 Å². The van der Waals surface area contributed by atoms with Gasteiger partial charge in [-0.05, 0) is 85.2 Å². The lowest BCUT2D eigenvalue weighted by Gasteiger charge is -2.19. The predicted octanol–water partition coefficient (Wildman–Crippen LogP) is 11.1. The third-order valence-corrected chi connectivity index (χ3v) is 9.99. The number of unbranched alkanes of at least 4 members (excludes halogenated alkanes) is 15. The van der Waals surface area contributed by atoms with E-state index in [0.29, 0.717) is 45.3 Å². The maximum absolute atomic E-state index is 11.5. The number of alkyl carbamates (subject to hydrolysis) is 2. The molecule has 0 aromatic rings. The van der Waals surface area contributed by atoms with Crippen LogP contribution < -0.4 is 37.6 Å². The van der Waals surface area contributed by atoms with Crippen molar-refractivity contribution in [2.24, 2.45) is 5.73 Å². The van der Waals surface area contributed by atoms with Crippen molar-refractivity contribution in [3.05, 3.63) is 0 Å². The fourth-order valence-electron chi connectivity index (χ4n) is 5.80. The van der Waals surface area contributed by atoms with Crippen molar-refractivity contribution in [1.82, 2.24) is 31.9 Å². The fraction of sp³-hybridized carbons (Fsp3) is 0.839. The number of rotatable bonds is 36. The number of hydrogen-bond acceptors (Lipinski definition) is 12. The Morgan fingerprint density at radius 3 is 0.938 bits per heavy atom. The summed E-state index contributed by atoms with van der Waals surface area (Å²) in [5.41, 5.74) is 4.20. The van der Waals surface area contributed by atoms with E-state index in [1.54, 1.807) is 41.5 Å². The van der Waals surface area contributed by atoms with Gasteiger partial charge in [0.05, 0.1) is 6.42 Å². The van der Waals surface area contributed by atoms with Gasteiger partial charge in [0.15, 0.2) is 0 Å². The number of halogens is 4. The van der Waals surface area contributed by atoms with Crippen LogP contribution in [0.2, 0.25) is 0 Å². The minimum Gasteiger partial charge on any atom is -0.481 e. The third-order valence-electron chi connectivity index (χ3n) is 9.80. The number of amides is 6. The Morgan fingerprint density at radius 1 is 0.400 bits per heavy atom. The second kappa shape index (κ2) is 60.2. The van der Waals surface area contributed by atoms with E-state index in [4.69, 9.17) is 41.8 Å². The number of alkyl halides is 3. The summed E-state index contributed by atoms with van der Waals surface area (Å²) < 4.78 is 41.7. The van der Waals surface area contributed by atoms with E-state index in [9.17, 15) is 51.5 Å². The highest BCUT2D eigenvalue weighted by Gasteiger charge is 2.38. The summed E-state index contributed by atoms with van der Waals surface area (Å²) in [5.74, 6) is -3.58. The maximum Gasteiger partial charge on any atom is 0.490 e.